The first-order valence-electron chi connectivity index (χ1n) is 8.22. The highest BCUT2D eigenvalue weighted by Crippen LogP contribution is 2.33. The first kappa shape index (κ1) is 14.6. The summed E-state index contributed by atoms with van der Waals surface area (Å²) < 4.78 is 0. The summed E-state index contributed by atoms with van der Waals surface area (Å²) in [5.74, 6) is 0. The van der Waals surface area contributed by atoms with E-state index in [9.17, 15) is 0 Å². The van der Waals surface area contributed by atoms with Gasteiger partial charge in [0.05, 0.1) is 12.5 Å². The van der Waals surface area contributed by atoms with Gasteiger partial charge in [0.15, 0.2) is 0 Å². The highest BCUT2D eigenvalue weighted by Gasteiger charge is 2.41. The SMILES string of the molecule is CCC(CC#N)N1CC2CCC(C1)N2Cc1ccccc1. The van der Waals surface area contributed by atoms with E-state index < -0.39 is 0 Å². The second-order valence-electron chi connectivity index (χ2n) is 6.42. The predicted octanol–water partition coefficient (Wildman–Crippen LogP) is 3.03. The van der Waals surface area contributed by atoms with Gasteiger partial charge in [-0.2, -0.15) is 5.26 Å². The Kier molecular flexibility index (Phi) is 4.57. The Morgan fingerprint density at radius 2 is 1.86 bits per heavy atom. The van der Waals surface area contributed by atoms with Gasteiger partial charge in [-0.1, -0.05) is 37.3 Å². The molecule has 2 heterocycles. The Bertz CT molecular complexity index is 479. The van der Waals surface area contributed by atoms with Crippen LogP contribution in [0.4, 0.5) is 0 Å². The molecule has 0 saturated carbocycles. The molecule has 0 aliphatic carbocycles. The van der Waals surface area contributed by atoms with Crippen LogP contribution in [0.15, 0.2) is 30.3 Å². The third kappa shape index (κ3) is 3.12. The number of piperazine rings is 1. The topological polar surface area (TPSA) is 30.3 Å². The van der Waals surface area contributed by atoms with Gasteiger partial charge in [-0.15, -0.1) is 0 Å². The van der Waals surface area contributed by atoms with Crippen LogP contribution in [-0.4, -0.2) is 41.0 Å². The molecule has 0 N–H and O–H groups in total. The normalized spacial score (nSPS) is 27.4. The van der Waals surface area contributed by atoms with Crippen molar-refractivity contribution >= 4 is 0 Å². The Balaban J connectivity index is 1.66. The lowest BCUT2D eigenvalue weighted by Crippen LogP contribution is -2.55. The molecule has 2 fully saturated rings. The molecule has 2 aliphatic rings. The van der Waals surface area contributed by atoms with Crippen LogP contribution in [0.25, 0.3) is 0 Å². The van der Waals surface area contributed by atoms with Crippen LogP contribution in [0.5, 0.6) is 0 Å². The third-order valence-corrected chi connectivity index (χ3v) is 5.18. The summed E-state index contributed by atoms with van der Waals surface area (Å²) in [4.78, 5) is 5.28. The molecule has 3 unspecified atom stereocenters. The van der Waals surface area contributed by atoms with Crippen LogP contribution in [0.2, 0.25) is 0 Å². The number of likely N-dealkylation sites (tertiary alicyclic amines) is 1. The van der Waals surface area contributed by atoms with Crippen LogP contribution in [-0.2, 0) is 6.54 Å². The molecule has 3 nitrogen and oxygen atoms in total. The smallest absolute Gasteiger partial charge is 0.0638 e. The zero-order valence-corrected chi connectivity index (χ0v) is 12.9. The molecule has 21 heavy (non-hydrogen) atoms. The molecule has 0 aromatic heterocycles. The number of hydrogen-bond acceptors (Lipinski definition) is 3. The fourth-order valence-corrected chi connectivity index (χ4v) is 4.01. The number of nitrogens with zero attached hydrogens (tertiary/aromatic N) is 3. The minimum absolute atomic E-state index is 0.456. The lowest BCUT2D eigenvalue weighted by atomic mass is 10.1. The molecule has 0 amide bonds. The average Bonchev–Trinajstić information content (AvgIpc) is 2.75. The van der Waals surface area contributed by atoms with Crippen LogP contribution in [0, 0.1) is 11.3 Å². The van der Waals surface area contributed by atoms with Crippen molar-refractivity contribution in [3.05, 3.63) is 35.9 Å². The number of rotatable bonds is 5. The van der Waals surface area contributed by atoms with Gasteiger partial charge in [0.1, 0.15) is 0 Å². The first-order chi connectivity index (χ1) is 10.3. The highest BCUT2D eigenvalue weighted by molar-refractivity contribution is 5.15. The molecule has 112 valence electrons. The van der Waals surface area contributed by atoms with Gasteiger partial charge in [0, 0.05) is 37.8 Å². The molecular formula is C18H25N3. The maximum absolute atomic E-state index is 9.01. The van der Waals surface area contributed by atoms with E-state index in [2.05, 4.69) is 53.1 Å². The molecule has 1 aromatic carbocycles. The molecule has 1 aromatic rings. The van der Waals surface area contributed by atoms with Crippen molar-refractivity contribution in [2.75, 3.05) is 13.1 Å². The second kappa shape index (κ2) is 6.60. The maximum atomic E-state index is 9.01. The highest BCUT2D eigenvalue weighted by atomic mass is 15.3. The molecular weight excluding hydrogens is 258 g/mol. The van der Waals surface area contributed by atoms with Gasteiger partial charge < -0.3 is 0 Å². The van der Waals surface area contributed by atoms with Crippen molar-refractivity contribution < 1.29 is 0 Å². The number of nitriles is 1. The summed E-state index contributed by atoms with van der Waals surface area (Å²) in [5, 5.41) is 9.01. The minimum atomic E-state index is 0.456. The zero-order chi connectivity index (χ0) is 14.7. The molecule has 3 atom stereocenters. The van der Waals surface area contributed by atoms with Gasteiger partial charge >= 0.3 is 0 Å². The third-order valence-electron chi connectivity index (χ3n) is 5.18. The number of hydrogen-bond donors (Lipinski definition) is 0. The quantitative estimate of drug-likeness (QED) is 0.832. The van der Waals surface area contributed by atoms with Crippen molar-refractivity contribution in [2.45, 2.75) is 57.3 Å². The summed E-state index contributed by atoms with van der Waals surface area (Å²) in [5.41, 5.74) is 1.42. The van der Waals surface area contributed by atoms with Gasteiger partial charge in [-0.3, -0.25) is 9.80 Å². The van der Waals surface area contributed by atoms with Crippen molar-refractivity contribution in [2.24, 2.45) is 0 Å². The van der Waals surface area contributed by atoms with Gasteiger partial charge in [-0.05, 0) is 24.8 Å². The fraction of sp³-hybridized carbons (Fsp3) is 0.611. The Labute approximate surface area is 128 Å². The lowest BCUT2D eigenvalue weighted by Gasteiger charge is -2.43. The Morgan fingerprint density at radius 3 is 2.43 bits per heavy atom. The van der Waals surface area contributed by atoms with E-state index in [1.54, 1.807) is 0 Å². The first-order valence-corrected chi connectivity index (χ1v) is 8.22. The summed E-state index contributed by atoms with van der Waals surface area (Å²) in [6, 6.07) is 15.0. The average molecular weight is 283 g/mol. The van der Waals surface area contributed by atoms with Gasteiger partial charge in [-0.25, -0.2) is 0 Å². The molecule has 2 aliphatic heterocycles. The van der Waals surface area contributed by atoms with E-state index >= 15 is 0 Å². The van der Waals surface area contributed by atoms with Gasteiger partial charge in [0.2, 0.25) is 0 Å². The zero-order valence-electron chi connectivity index (χ0n) is 12.9. The molecule has 2 bridgehead atoms. The van der Waals surface area contributed by atoms with E-state index in [0.717, 1.165) is 26.1 Å². The van der Waals surface area contributed by atoms with E-state index in [-0.39, 0.29) is 0 Å². The van der Waals surface area contributed by atoms with Crippen molar-refractivity contribution in [1.82, 2.24) is 9.80 Å². The lowest BCUT2D eigenvalue weighted by molar-refractivity contribution is 0.0356. The minimum Gasteiger partial charge on any atom is -0.296 e. The fourth-order valence-electron chi connectivity index (χ4n) is 4.01. The van der Waals surface area contributed by atoms with Crippen LogP contribution in [0.3, 0.4) is 0 Å². The van der Waals surface area contributed by atoms with Crippen LogP contribution >= 0.6 is 0 Å². The maximum Gasteiger partial charge on any atom is 0.0638 e. The monoisotopic (exact) mass is 283 g/mol. The van der Waals surface area contributed by atoms with Crippen LogP contribution in [0.1, 0.15) is 38.2 Å². The summed E-state index contributed by atoms with van der Waals surface area (Å²) >= 11 is 0. The molecule has 0 spiro atoms. The molecule has 3 rings (SSSR count). The van der Waals surface area contributed by atoms with Crippen molar-refractivity contribution in [3.8, 4) is 6.07 Å². The van der Waals surface area contributed by atoms with E-state index in [0.29, 0.717) is 24.5 Å². The predicted molar refractivity (Wildman–Crippen MR) is 84.7 cm³/mol. The molecule has 3 heteroatoms. The van der Waals surface area contributed by atoms with E-state index in [1.807, 2.05) is 0 Å². The standard InChI is InChI=1S/C18H25N3/c1-2-16(10-11-19)20-13-17-8-9-18(14-20)21(17)12-15-6-4-3-5-7-15/h3-7,16-18H,2,8-10,12-14H2,1H3. The van der Waals surface area contributed by atoms with Gasteiger partial charge in [0.25, 0.3) is 0 Å². The summed E-state index contributed by atoms with van der Waals surface area (Å²) in [6.07, 6.45) is 4.40. The Hall–Kier alpha value is -1.37. The largest absolute Gasteiger partial charge is 0.296 e. The molecule has 2 saturated heterocycles. The van der Waals surface area contributed by atoms with Crippen molar-refractivity contribution in [3.63, 3.8) is 0 Å². The Morgan fingerprint density at radius 1 is 1.19 bits per heavy atom. The summed E-state index contributed by atoms with van der Waals surface area (Å²) in [7, 11) is 0. The number of fused-ring (bicyclic) bond motifs is 2. The van der Waals surface area contributed by atoms with Crippen molar-refractivity contribution in [1.29, 1.82) is 5.26 Å². The second-order valence-corrected chi connectivity index (χ2v) is 6.42. The van der Waals surface area contributed by atoms with Crippen LogP contribution < -0.4 is 0 Å². The molecule has 0 radical (unpaired) electrons. The van der Waals surface area contributed by atoms with E-state index in [4.69, 9.17) is 5.26 Å². The summed E-state index contributed by atoms with van der Waals surface area (Å²) in [6.45, 7) is 5.58. The van der Waals surface area contributed by atoms with E-state index in [1.165, 1.54) is 18.4 Å². The number of benzene rings is 1.